The van der Waals surface area contributed by atoms with E-state index in [1.54, 1.807) is 21.9 Å². The summed E-state index contributed by atoms with van der Waals surface area (Å²) < 4.78 is 3.36. The Morgan fingerprint density at radius 3 is 2.30 bits per heavy atom. The number of carbonyl (C=O) groups excluding carboxylic acids is 1. The zero-order valence-electron chi connectivity index (χ0n) is 17.5. The number of aromatic nitrogens is 5. The molecule has 162 valence electrons. The molecule has 0 saturated heterocycles. The van der Waals surface area contributed by atoms with Crippen LogP contribution in [0.1, 0.15) is 15.9 Å². The van der Waals surface area contributed by atoms with Gasteiger partial charge in [0, 0.05) is 16.8 Å². The third-order valence-corrected chi connectivity index (χ3v) is 5.30. The lowest BCUT2D eigenvalue weighted by Gasteiger charge is -2.03. The Morgan fingerprint density at radius 1 is 0.879 bits per heavy atom. The van der Waals surface area contributed by atoms with Crippen LogP contribution in [0.4, 0.5) is 5.95 Å². The van der Waals surface area contributed by atoms with E-state index in [2.05, 4.69) is 20.5 Å². The molecule has 0 spiro atoms. The zero-order chi connectivity index (χ0) is 22.6. The summed E-state index contributed by atoms with van der Waals surface area (Å²) in [5.74, 6) is -0.110. The molecular formula is C25H19ClN6O. The molecule has 2 aromatic heterocycles. The van der Waals surface area contributed by atoms with Crippen molar-refractivity contribution < 1.29 is 4.79 Å². The highest BCUT2D eigenvalue weighted by atomic mass is 35.5. The molecule has 7 nitrogen and oxygen atoms in total. The molecule has 2 heterocycles. The Balaban J connectivity index is 1.41. The van der Waals surface area contributed by atoms with Gasteiger partial charge in [-0.1, -0.05) is 72.3 Å². The summed E-state index contributed by atoms with van der Waals surface area (Å²) in [5.41, 5.74) is 3.74. The molecule has 0 fully saturated rings. The molecule has 8 heteroatoms. The number of nitrogens with zero attached hydrogens (tertiary/aromatic N) is 5. The van der Waals surface area contributed by atoms with Gasteiger partial charge in [-0.2, -0.15) is 5.10 Å². The number of anilines is 1. The fraction of sp³-hybridized carbons (Fsp3) is 0.0400. The van der Waals surface area contributed by atoms with Gasteiger partial charge in [0.25, 0.3) is 5.91 Å². The van der Waals surface area contributed by atoms with Gasteiger partial charge < -0.3 is 0 Å². The number of para-hydroxylation sites is 1. The average Bonchev–Trinajstić information content (AvgIpc) is 3.49. The largest absolute Gasteiger partial charge is 0.289 e. The summed E-state index contributed by atoms with van der Waals surface area (Å²) >= 11 is 5.94. The minimum Gasteiger partial charge on any atom is -0.289 e. The van der Waals surface area contributed by atoms with Crippen molar-refractivity contribution in [3.63, 3.8) is 0 Å². The van der Waals surface area contributed by atoms with Crippen molar-refractivity contribution >= 4 is 23.5 Å². The van der Waals surface area contributed by atoms with Crippen LogP contribution < -0.4 is 5.32 Å². The summed E-state index contributed by atoms with van der Waals surface area (Å²) in [4.78, 5) is 17.4. The van der Waals surface area contributed by atoms with E-state index < -0.39 is 0 Å². The van der Waals surface area contributed by atoms with Gasteiger partial charge in [-0.05, 0) is 29.8 Å². The topological polar surface area (TPSA) is 77.6 Å². The van der Waals surface area contributed by atoms with E-state index in [4.69, 9.17) is 11.6 Å². The highest BCUT2D eigenvalue weighted by molar-refractivity contribution is 6.30. The van der Waals surface area contributed by atoms with Crippen molar-refractivity contribution in [3.05, 3.63) is 114 Å². The number of hydrogen-bond acceptors (Lipinski definition) is 4. The average molecular weight is 455 g/mol. The predicted octanol–water partition coefficient (Wildman–Crippen LogP) is 5.08. The molecule has 0 bridgehead atoms. The van der Waals surface area contributed by atoms with E-state index in [9.17, 15) is 4.79 Å². The van der Waals surface area contributed by atoms with Crippen LogP contribution in [0.3, 0.4) is 0 Å². The summed E-state index contributed by atoms with van der Waals surface area (Å²) in [6.45, 7) is 0.515. The third-order valence-electron chi connectivity index (χ3n) is 5.05. The lowest BCUT2D eigenvalue weighted by Crippen LogP contribution is -2.14. The number of rotatable bonds is 6. The fourth-order valence-corrected chi connectivity index (χ4v) is 3.56. The second-order valence-electron chi connectivity index (χ2n) is 7.38. The minimum absolute atomic E-state index is 0.223. The Labute approximate surface area is 195 Å². The quantitative estimate of drug-likeness (QED) is 0.388. The van der Waals surface area contributed by atoms with Crippen LogP contribution in [0.2, 0.25) is 5.02 Å². The van der Waals surface area contributed by atoms with Crippen LogP contribution >= 0.6 is 11.6 Å². The van der Waals surface area contributed by atoms with Crippen LogP contribution in [0, 0.1) is 0 Å². The molecule has 3 aromatic carbocycles. The number of carbonyl (C=O) groups is 1. The van der Waals surface area contributed by atoms with Gasteiger partial charge in [0.05, 0.1) is 17.8 Å². The van der Waals surface area contributed by atoms with Crippen LogP contribution in [-0.2, 0) is 6.54 Å². The Kier molecular flexibility index (Phi) is 5.70. The number of halogens is 1. The molecule has 0 atom stereocenters. The second kappa shape index (κ2) is 9.10. The number of nitrogens with one attached hydrogen (secondary N) is 1. The van der Waals surface area contributed by atoms with E-state index in [1.165, 1.54) is 0 Å². The molecule has 1 N–H and O–H groups in total. The lowest BCUT2D eigenvalue weighted by molar-refractivity contribution is 0.102. The molecule has 1 amide bonds. The number of hydrogen-bond donors (Lipinski definition) is 1. The molecule has 0 radical (unpaired) electrons. The molecular weight excluding hydrogens is 436 g/mol. The van der Waals surface area contributed by atoms with Gasteiger partial charge in [-0.25, -0.2) is 14.3 Å². The highest BCUT2D eigenvalue weighted by Gasteiger charge is 2.20. The maximum Gasteiger partial charge on any atom is 0.261 e. The van der Waals surface area contributed by atoms with Gasteiger partial charge >= 0.3 is 0 Å². The molecule has 0 aliphatic rings. The maximum absolute atomic E-state index is 13.2. The van der Waals surface area contributed by atoms with E-state index in [0.717, 1.165) is 16.8 Å². The monoisotopic (exact) mass is 454 g/mol. The van der Waals surface area contributed by atoms with Crippen molar-refractivity contribution in [3.8, 4) is 16.9 Å². The summed E-state index contributed by atoms with van der Waals surface area (Å²) in [6, 6.07) is 26.8. The van der Waals surface area contributed by atoms with Crippen molar-refractivity contribution in [1.82, 2.24) is 24.5 Å². The number of amides is 1. The molecule has 0 unspecified atom stereocenters. The van der Waals surface area contributed by atoms with E-state index in [0.29, 0.717) is 22.8 Å². The summed E-state index contributed by atoms with van der Waals surface area (Å²) in [7, 11) is 0. The number of benzene rings is 3. The first-order chi connectivity index (χ1) is 16.2. The molecule has 5 aromatic rings. The Morgan fingerprint density at radius 2 is 1.58 bits per heavy atom. The predicted molar refractivity (Wildman–Crippen MR) is 128 cm³/mol. The first kappa shape index (κ1) is 20.7. The van der Waals surface area contributed by atoms with Gasteiger partial charge in [-0.15, -0.1) is 5.10 Å². The minimum atomic E-state index is -0.333. The van der Waals surface area contributed by atoms with Crippen LogP contribution in [0.25, 0.3) is 16.9 Å². The highest BCUT2D eigenvalue weighted by Crippen LogP contribution is 2.24. The van der Waals surface area contributed by atoms with Crippen molar-refractivity contribution in [1.29, 1.82) is 0 Å². The van der Waals surface area contributed by atoms with Gasteiger partial charge in [0.2, 0.25) is 5.95 Å². The first-order valence-electron chi connectivity index (χ1n) is 10.3. The normalized spacial score (nSPS) is 10.8. The first-order valence-corrected chi connectivity index (χ1v) is 10.7. The third kappa shape index (κ3) is 4.68. The molecule has 5 rings (SSSR count). The maximum atomic E-state index is 13.2. The SMILES string of the molecule is O=C(Nc1ncn(Cc2ccc(Cl)cc2)n1)c1cn(-c2ccccc2)nc1-c1ccccc1. The second-order valence-corrected chi connectivity index (χ2v) is 7.82. The Hall–Kier alpha value is -4.23. The molecule has 0 aliphatic carbocycles. The van der Waals surface area contributed by atoms with Gasteiger partial charge in [0.1, 0.15) is 12.0 Å². The summed E-state index contributed by atoms with van der Waals surface area (Å²) in [5, 5.41) is 12.5. The van der Waals surface area contributed by atoms with Gasteiger partial charge in [0.15, 0.2) is 0 Å². The fourth-order valence-electron chi connectivity index (χ4n) is 3.44. The van der Waals surface area contributed by atoms with Crippen molar-refractivity contribution in [2.24, 2.45) is 0 Å². The van der Waals surface area contributed by atoms with E-state index >= 15 is 0 Å². The molecule has 0 saturated carbocycles. The summed E-state index contributed by atoms with van der Waals surface area (Å²) in [6.07, 6.45) is 3.30. The van der Waals surface area contributed by atoms with E-state index in [1.807, 2.05) is 84.9 Å². The Bertz CT molecular complexity index is 1380. The van der Waals surface area contributed by atoms with Crippen molar-refractivity contribution in [2.45, 2.75) is 6.54 Å². The zero-order valence-corrected chi connectivity index (χ0v) is 18.2. The van der Waals surface area contributed by atoms with Gasteiger partial charge in [-0.3, -0.25) is 10.1 Å². The van der Waals surface area contributed by atoms with Crippen LogP contribution in [-0.4, -0.2) is 30.5 Å². The standard InChI is InChI=1S/C25H19ClN6O/c26-20-13-11-18(12-14-20)15-31-17-27-25(30-31)28-24(33)22-16-32(21-9-5-2-6-10-21)29-23(22)19-7-3-1-4-8-19/h1-14,16-17H,15H2,(H,28,30,33). The molecule has 33 heavy (non-hydrogen) atoms. The van der Waals surface area contributed by atoms with E-state index in [-0.39, 0.29) is 11.9 Å². The van der Waals surface area contributed by atoms with Crippen LogP contribution in [0.15, 0.2) is 97.5 Å². The molecule has 0 aliphatic heterocycles. The smallest absolute Gasteiger partial charge is 0.261 e. The van der Waals surface area contributed by atoms with Crippen molar-refractivity contribution in [2.75, 3.05) is 5.32 Å². The lowest BCUT2D eigenvalue weighted by atomic mass is 10.1. The van der Waals surface area contributed by atoms with Crippen LogP contribution in [0.5, 0.6) is 0 Å².